The standard InChI is InChI=1S/C19H17N5O2/c1-13(25)20-15-8-5-9-16(12-15)21-17-10-11-18(24-23-17)22-19(26)14-6-3-2-4-7-14/h2-12H,1H3,(H,20,25)(H,21,23)(H,22,24,26). The Labute approximate surface area is 150 Å². The van der Waals surface area contributed by atoms with Gasteiger partial charge < -0.3 is 16.0 Å². The number of benzene rings is 2. The lowest BCUT2D eigenvalue weighted by atomic mass is 10.2. The quantitative estimate of drug-likeness (QED) is 0.657. The summed E-state index contributed by atoms with van der Waals surface area (Å²) in [6, 6.07) is 19.5. The van der Waals surface area contributed by atoms with Gasteiger partial charge in [0.25, 0.3) is 5.91 Å². The number of carbonyl (C=O) groups excluding carboxylic acids is 2. The molecule has 0 saturated carbocycles. The van der Waals surface area contributed by atoms with Gasteiger partial charge in [-0.1, -0.05) is 24.3 Å². The van der Waals surface area contributed by atoms with Crippen molar-refractivity contribution in [1.29, 1.82) is 0 Å². The third kappa shape index (κ3) is 4.64. The summed E-state index contributed by atoms with van der Waals surface area (Å²) < 4.78 is 0. The molecular formula is C19H17N5O2. The second-order valence-corrected chi connectivity index (χ2v) is 5.51. The van der Waals surface area contributed by atoms with Crippen LogP contribution in [0.4, 0.5) is 23.0 Å². The van der Waals surface area contributed by atoms with Crippen LogP contribution in [-0.2, 0) is 4.79 Å². The molecule has 1 aromatic heterocycles. The Bertz CT molecular complexity index is 911. The molecular weight excluding hydrogens is 330 g/mol. The molecule has 0 aliphatic rings. The lowest BCUT2D eigenvalue weighted by molar-refractivity contribution is -0.114. The number of anilines is 4. The Morgan fingerprint density at radius 3 is 2.15 bits per heavy atom. The Morgan fingerprint density at radius 1 is 0.769 bits per heavy atom. The van der Waals surface area contributed by atoms with Crippen LogP contribution in [0.15, 0.2) is 66.7 Å². The molecule has 0 aliphatic heterocycles. The largest absolute Gasteiger partial charge is 0.339 e. The number of amides is 2. The first-order valence-electron chi connectivity index (χ1n) is 7.95. The maximum atomic E-state index is 12.1. The SMILES string of the molecule is CC(=O)Nc1cccc(Nc2ccc(NC(=O)c3ccccc3)nn2)c1. The van der Waals surface area contributed by atoms with Crippen LogP contribution < -0.4 is 16.0 Å². The van der Waals surface area contributed by atoms with Crippen LogP contribution in [0.2, 0.25) is 0 Å². The smallest absolute Gasteiger partial charge is 0.256 e. The molecule has 0 atom stereocenters. The maximum absolute atomic E-state index is 12.1. The Hall–Kier alpha value is -3.74. The topological polar surface area (TPSA) is 96.0 Å². The number of nitrogens with zero attached hydrogens (tertiary/aromatic N) is 2. The van der Waals surface area contributed by atoms with E-state index in [0.29, 0.717) is 22.9 Å². The van der Waals surface area contributed by atoms with Crippen molar-refractivity contribution in [3.05, 3.63) is 72.3 Å². The van der Waals surface area contributed by atoms with Crippen LogP contribution in [0.3, 0.4) is 0 Å². The molecule has 130 valence electrons. The summed E-state index contributed by atoms with van der Waals surface area (Å²) in [5.74, 6) is 0.489. The lowest BCUT2D eigenvalue weighted by Crippen LogP contribution is -2.13. The summed E-state index contributed by atoms with van der Waals surface area (Å²) in [7, 11) is 0. The van der Waals surface area contributed by atoms with Crippen LogP contribution >= 0.6 is 0 Å². The highest BCUT2D eigenvalue weighted by Gasteiger charge is 2.07. The predicted molar refractivity (Wildman–Crippen MR) is 100 cm³/mol. The van der Waals surface area contributed by atoms with Gasteiger partial charge in [0.15, 0.2) is 11.6 Å². The van der Waals surface area contributed by atoms with E-state index >= 15 is 0 Å². The van der Waals surface area contributed by atoms with Gasteiger partial charge >= 0.3 is 0 Å². The molecule has 3 N–H and O–H groups in total. The summed E-state index contributed by atoms with van der Waals surface area (Å²) in [6.45, 7) is 1.45. The summed E-state index contributed by atoms with van der Waals surface area (Å²) in [6.07, 6.45) is 0. The van der Waals surface area contributed by atoms with E-state index in [4.69, 9.17) is 0 Å². The van der Waals surface area contributed by atoms with Crippen molar-refractivity contribution >= 4 is 34.8 Å². The van der Waals surface area contributed by atoms with Crippen molar-refractivity contribution in [2.24, 2.45) is 0 Å². The number of nitrogens with one attached hydrogen (secondary N) is 3. The molecule has 7 heteroatoms. The number of rotatable bonds is 5. The van der Waals surface area contributed by atoms with E-state index in [-0.39, 0.29) is 11.8 Å². The number of carbonyl (C=O) groups is 2. The number of hydrogen-bond acceptors (Lipinski definition) is 5. The monoisotopic (exact) mass is 347 g/mol. The van der Waals surface area contributed by atoms with E-state index in [9.17, 15) is 9.59 Å². The van der Waals surface area contributed by atoms with Gasteiger partial charge in [0.2, 0.25) is 5.91 Å². The molecule has 0 unspecified atom stereocenters. The van der Waals surface area contributed by atoms with E-state index in [2.05, 4.69) is 26.1 Å². The van der Waals surface area contributed by atoms with Gasteiger partial charge in [-0.05, 0) is 42.5 Å². The van der Waals surface area contributed by atoms with Crippen LogP contribution in [0.5, 0.6) is 0 Å². The van der Waals surface area contributed by atoms with Crippen molar-refractivity contribution in [3.63, 3.8) is 0 Å². The van der Waals surface area contributed by atoms with Gasteiger partial charge in [0.1, 0.15) is 0 Å². The zero-order valence-corrected chi connectivity index (χ0v) is 14.1. The second-order valence-electron chi connectivity index (χ2n) is 5.51. The molecule has 0 aliphatic carbocycles. The zero-order chi connectivity index (χ0) is 18.4. The average Bonchev–Trinajstić information content (AvgIpc) is 2.64. The van der Waals surface area contributed by atoms with Gasteiger partial charge in [0, 0.05) is 23.9 Å². The highest BCUT2D eigenvalue weighted by atomic mass is 16.2. The minimum absolute atomic E-state index is 0.138. The summed E-state index contributed by atoms with van der Waals surface area (Å²) in [4.78, 5) is 23.2. The second kappa shape index (κ2) is 7.89. The van der Waals surface area contributed by atoms with Crippen molar-refractivity contribution in [2.45, 2.75) is 6.92 Å². The average molecular weight is 347 g/mol. The summed E-state index contributed by atoms with van der Waals surface area (Å²) in [5.41, 5.74) is 1.99. The maximum Gasteiger partial charge on any atom is 0.256 e. The molecule has 1 heterocycles. The molecule has 0 saturated heterocycles. The van der Waals surface area contributed by atoms with Crippen molar-refractivity contribution in [2.75, 3.05) is 16.0 Å². The zero-order valence-electron chi connectivity index (χ0n) is 14.1. The fourth-order valence-electron chi connectivity index (χ4n) is 2.27. The van der Waals surface area contributed by atoms with Gasteiger partial charge in [-0.3, -0.25) is 9.59 Å². The van der Waals surface area contributed by atoms with Crippen molar-refractivity contribution in [3.8, 4) is 0 Å². The fraction of sp³-hybridized carbons (Fsp3) is 0.0526. The number of hydrogen-bond donors (Lipinski definition) is 3. The highest BCUT2D eigenvalue weighted by Crippen LogP contribution is 2.19. The molecule has 2 aromatic carbocycles. The molecule has 26 heavy (non-hydrogen) atoms. The van der Waals surface area contributed by atoms with Gasteiger partial charge in [-0.15, -0.1) is 10.2 Å². The molecule has 0 bridgehead atoms. The first kappa shape index (κ1) is 17.1. The van der Waals surface area contributed by atoms with Crippen LogP contribution in [0, 0.1) is 0 Å². The summed E-state index contributed by atoms with van der Waals surface area (Å²) in [5, 5.41) is 16.5. The minimum Gasteiger partial charge on any atom is -0.339 e. The normalized spacial score (nSPS) is 10.0. The fourth-order valence-corrected chi connectivity index (χ4v) is 2.27. The molecule has 0 spiro atoms. The number of aromatic nitrogens is 2. The summed E-state index contributed by atoms with van der Waals surface area (Å²) >= 11 is 0. The predicted octanol–water partition coefficient (Wildman–Crippen LogP) is 3.43. The Kier molecular flexibility index (Phi) is 5.19. The first-order valence-corrected chi connectivity index (χ1v) is 7.95. The molecule has 3 aromatic rings. The van der Waals surface area contributed by atoms with Crippen molar-refractivity contribution in [1.82, 2.24) is 10.2 Å². The molecule has 0 fully saturated rings. The third-order valence-electron chi connectivity index (χ3n) is 3.40. The minimum atomic E-state index is -0.247. The highest BCUT2D eigenvalue weighted by molar-refractivity contribution is 6.03. The Morgan fingerprint density at radius 2 is 1.46 bits per heavy atom. The van der Waals surface area contributed by atoms with E-state index in [1.807, 2.05) is 18.2 Å². The van der Waals surface area contributed by atoms with E-state index in [0.717, 1.165) is 5.69 Å². The Balaban J connectivity index is 1.64. The van der Waals surface area contributed by atoms with E-state index < -0.39 is 0 Å². The van der Waals surface area contributed by atoms with Crippen LogP contribution in [0.1, 0.15) is 17.3 Å². The van der Waals surface area contributed by atoms with Gasteiger partial charge in [0.05, 0.1) is 0 Å². The molecule has 3 rings (SSSR count). The molecule has 2 amide bonds. The van der Waals surface area contributed by atoms with E-state index in [1.165, 1.54) is 6.92 Å². The lowest BCUT2D eigenvalue weighted by Gasteiger charge is -2.08. The van der Waals surface area contributed by atoms with Crippen LogP contribution in [-0.4, -0.2) is 22.0 Å². The van der Waals surface area contributed by atoms with Gasteiger partial charge in [-0.2, -0.15) is 0 Å². The van der Waals surface area contributed by atoms with Gasteiger partial charge in [-0.25, -0.2) is 0 Å². The molecule has 0 radical (unpaired) electrons. The first-order chi connectivity index (χ1) is 12.6. The third-order valence-corrected chi connectivity index (χ3v) is 3.40. The van der Waals surface area contributed by atoms with Crippen molar-refractivity contribution < 1.29 is 9.59 Å². The molecule has 7 nitrogen and oxygen atoms in total. The van der Waals surface area contributed by atoms with Crippen LogP contribution in [0.25, 0.3) is 0 Å². The van der Waals surface area contributed by atoms with E-state index in [1.54, 1.807) is 48.5 Å².